The number of para-hydroxylation sites is 1. The molecule has 0 unspecified atom stereocenters. The molecule has 0 bridgehead atoms. The maximum Gasteiger partial charge on any atom is 0.340 e. The van der Waals surface area contributed by atoms with Crippen LogP contribution in [0, 0.1) is 0 Å². The van der Waals surface area contributed by atoms with Gasteiger partial charge in [-0.1, -0.05) is 44.2 Å². The van der Waals surface area contributed by atoms with Gasteiger partial charge in [-0.2, -0.15) is 0 Å². The lowest BCUT2D eigenvalue weighted by molar-refractivity contribution is 0.0603. The summed E-state index contributed by atoms with van der Waals surface area (Å²) in [6, 6.07) is 14.9. The number of hydrogen-bond acceptors (Lipinski definition) is 3. The summed E-state index contributed by atoms with van der Waals surface area (Å²) in [4.78, 5) is 24.8. The minimum Gasteiger partial charge on any atom is -0.465 e. The minimum atomic E-state index is -0.451. The van der Waals surface area contributed by atoms with Crippen molar-refractivity contribution >= 4 is 22.8 Å². The fraction of sp³-hybridized carbons (Fsp3) is 0.200. The van der Waals surface area contributed by atoms with Gasteiger partial charge in [-0.05, 0) is 29.7 Å². The van der Waals surface area contributed by atoms with Gasteiger partial charge < -0.3 is 4.74 Å². The van der Waals surface area contributed by atoms with Gasteiger partial charge in [0.15, 0.2) is 0 Å². The lowest BCUT2D eigenvalue weighted by atomic mass is 10.0. The summed E-state index contributed by atoms with van der Waals surface area (Å²) in [6.07, 6.45) is 1.55. The van der Waals surface area contributed by atoms with Gasteiger partial charge >= 0.3 is 5.97 Å². The van der Waals surface area contributed by atoms with Crippen molar-refractivity contribution in [1.29, 1.82) is 0 Å². The van der Waals surface area contributed by atoms with Crippen LogP contribution in [-0.4, -0.2) is 23.6 Å². The van der Waals surface area contributed by atoms with E-state index in [0.717, 1.165) is 0 Å². The highest BCUT2D eigenvalue weighted by Crippen LogP contribution is 2.23. The molecule has 0 saturated heterocycles. The highest BCUT2D eigenvalue weighted by molar-refractivity contribution is 6.09. The van der Waals surface area contributed by atoms with E-state index in [-0.39, 0.29) is 5.91 Å². The molecule has 0 aliphatic heterocycles. The van der Waals surface area contributed by atoms with Gasteiger partial charge in [-0.25, -0.2) is 4.79 Å². The number of aromatic nitrogens is 1. The Labute approximate surface area is 140 Å². The molecular formula is C20H19NO3. The lowest BCUT2D eigenvalue weighted by Crippen LogP contribution is -2.11. The molecule has 2 aromatic carbocycles. The maximum absolute atomic E-state index is 12.9. The van der Waals surface area contributed by atoms with Crippen LogP contribution in [0.2, 0.25) is 0 Å². The Balaban J connectivity index is 2.08. The summed E-state index contributed by atoms with van der Waals surface area (Å²) in [5.41, 5.74) is 2.84. The van der Waals surface area contributed by atoms with Crippen LogP contribution in [0.5, 0.6) is 0 Å². The number of carbonyl (C=O) groups is 2. The first-order valence-electron chi connectivity index (χ1n) is 7.86. The monoisotopic (exact) mass is 321 g/mol. The zero-order valence-corrected chi connectivity index (χ0v) is 13.9. The van der Waals surface area contributed by atoms with E-state index in [4.69, 9.17) is 4.74 Å². The largest absolute Gasteiger partial charge is 0.465 e. The second kappa shape index (κ2) is 6.32. The smallest absolute Gasteiger partial charge is 0.340 e. The third-order valence-electron chi connectivity index (χ3n) is 4.16. The van der Waals surface area contributed by atoms with Gasteiger partial charge in [0.05, 0.1) is 18.2 Å². The van der Waals surface area contributed by atoms with Crippen molar-refractivity contribution in [2.24, 2.45) is 0 Å². The maximum atomic E-state index is 12.9. The average Bonchev–Trinajstić information content (AvgIpc) is 3.00. The Hall–Kier alpha value is -2.88. The van der Waals surface area contributed by atoms with Crippen molar-refractivity contribution in [3.8, 4) is 0 Å². The van der Waals surface area contributed by atoms with Crippen molar-refractivity contribution in [3.05, 3.63) is 71.4 Å². The van der Waals surface area contributed by atoms with Gasteiger partial charge in [0, 0.05) is 17.1 Å². The summed E-state index contributed by atoms with van der Waals surface area (Å²) in [5, 5.41) is 0.705. The van der Waals surface area contributed by atoms with Crippen LogP contribution in [-0.2, 0) is 4.74 Å². The Kier molecular flexibility index (Phi) is 4.21. The molecule has 0 radical (unpaired) electrons. The topological polar surface area (TPSA) is 48.3 Å². The highest BCUT2D eigenvalue weighted by atomic mass is 16.5. The molecule has 3 rings (SSSR count). The van der Waals surface area contributed by atoms with Crippen LogP contribution < -0.4 is 0 Å². The molecule has 0 fully saturated rings. The number of nitrogens with zero attached hydrogens (tertiary/aromatic N) is 1. The first kappa shape index (κ1) is 16.0. The van der Waals surface area contributed by atoms with E-state index < -0.39 is 5.97 Å². The zero-order chi connectivity index (χ0) is 17.3. The average molecular weight is 321 g/mol. The molecule has 0 spiro atoms. The number of carbonyl (C=O) groups excluding carboxylic acids is 2. The van der Waals surface area contributed by atoms with Crippen molar-refractivity contribution in [3.63, 3.8) is 0 Å². The predicted octanol–water partition coefficient (Wildman–Crippen LogP) is 4.24. The first-order chi connectivity index (χ1) is 11.5. The normalized spacial score (nSPS) is 11.0. The fourth-order valence-corrected chi connectivity index (χ4v) is 2.77. The van der Waals surface area contributed by atoms with Gasteiger partial charge in [-0.3, -0.25) is 9.36 Å². The molecule has 4 heteroatoms. The molecular weight excluding hydrogens is 302 g/mol. The summed E-state index contributed by atoms with van der Waals surface area (Å²) >= 11 is 0. The molecule has 122 valence electrons. The number of fused-ring (bicyclic) bond motifs is 1. The van der Waals surface area contributed by atoms with Gasteiger partial charge in [0.2, 0.25) is 0 Å². The van der Waals surface area contributed by atoms with E-state index in [9.17, 15) is 9.59 Å². The van der Waals surface area contributed by atoms with Crippen molar-refractivity contribution in [2.45, 2.75) is 19.8 Å². The number of ether oxygens (including phenoxy) is 1. The summed E-state index contributed by atoms with van der Waals surface area (Å²) in [5.74, 6) is -0.211. The van der Waals surface area contributed by atoms with Gasteiger partial charge in [0.25, 0.3) is 5.91 Å². The molecule has 4 nitrogen and oxygen atoms in total. The fourth-order valence-electron chi connectivity index (χ4n) is 2.77. The van der Waals surface area contributed by atoms with Gasteiger partial charge in [-0.15, -0.1) is 0 Å². The Morgan fingerprint density at radius 1 is 1.00 bits per heavy atom. The molecule has 3 aromatic rings. The van der Waals surface area contributed by atoms with Crippen LogP contribution in [0.4, 0.5) is 0 Å². The van der Waals surface area contributed by atoms with Crippen molar-refractivity contribution in [1.82, 2.24) is 4.57 Å². The number of methoxy groups -OCH3 is 1. The SMILES string of the molecule is COC(=O)c1cn(C(=O)c2ccc(C(C)C)cc2)c2ccccc12. The second-order valence-corrected chi connectivity index (χ2v) is 6.00. The minimum absolute atomic E-state index is 0.170. The van der Waals surface area contributed by atoms with E-state index in [1.54, 1.807) is 6.20 Å². The standard InChI is InChI=1S/C20H19NO3/c1-13(2)14-8-10-15(11-9-14)19(22)21-12-17(20(23)24-3)16-6-4-5-7-18(16)21/h4-13H,1-3H3. The molecule has 1 aromatic heterocycles. The number of hydrogen-bond donors (Lipinski definition) is 0. The molecule has 0 amide bonds. The quantitative estimate of drug-likeness (QED) is 0.678. The zero-order valence-electron chi connectivity index (χ0n) is 13.9. The molecule has 24 heavy (non-hydrogen) atoms. The van der Waals surface area contributed by atoms with Crippen molar-refractivity contribution < 1.29 is 14.3 Å². The van der Waals surface area contributed by atoms with Crippen LogP contribution >= 0.6 is 0 Å². The molecule has 0 aliphatic carbocycles. The Morgan fingerprint density at radius 2 is 1.67 bits per heavy atom. The van der Waals surface area contributed by atoms with Crippen LogP contribution in [0.25, 0.3) is 10.9 Å². The van der Waals surface area contributed by atoms with E-state index in [1.165, 1.54) is 17.2 Å². The van der Waals surface area contributed by atoms with E-state index >= 15 is 0 Å². The predicted molar refractivity (Wildman–Crippen MR) is 93.5 cm³/mol. The Bertz CT molecular complexity index is 904. The molecule has 1 heterocycles. The molecule has 0 aliphatic rings. The lowest BCUT2D eigenvalue weighted by Gasteiger charge is -2.07. The van der Waals surface area contributed by atoms with Crippen LogP contribution in [0.3, 0.4) is 0 Å². The van der Waals surface area contributed by atoms with E-state index in [1.807, 2.05) is 48.5 Å². The Morgan fingerprint density at radius 3 is 2.29 bits per heavy atom. The van der Waals surface area contributed by atoms with E-state index in [2.05, 4.69) is 13.8 Å². The summed E-state index contributed by atoms with van der Waals surface area (Å²) < 4.78 is 6.33. The first-order valence-corrected chi connectivity index (χ1v) is 7.86. The molecule has 0 atom stereocenters. The van der Waals surface area contributed by atoms with Crippen LogP contribution in [0.15, 0.2) is 54.7 Å². The van der Waals surface area contributed by atoms with E-state index in [0.29, 0.717) is 27.9 Å². The summed E-state index contributed by atoms with van der Waals surface area (Å²) in [7, 11) is 1.33. The van der Waals surface area contributed by atoms with Crippen LogP contribution in [0.1, 0.15) is 46.0 Å². The third-order valence-corrected chi connectivity index (χ3v) is 4.16. The number of esters is 1. The summed E-state index contributed by atoms with van der Waals surface area (Å²) in [6.45, 7) is 4.22. The molecule has 0 N–H and O–H groups in total. The van der Waals surface area contributed by atoms with Crippen molar-refractivity contribution in [2.75, 3.05) is 7.11 Å². The third kappa shape index (κ3) is 2.71. The van der Waals surface area contributed by atoms with Gasteiger partial charge in [0.1, 0.15) is 0 Å². The highest BCUT2D eigenvalue weighted by Gasteiger charge is 2.19. The molecule has 0 saturated carbocycles. The number of rotatable bonds is 3. The number of benzene rings is 2. The second-order valence-electron chi connectivity index (χ2n) is 6.00.